The van der Waals surface area contributed by atoms with Crippen molar-refractivity contribution in [3.05, 3.63) is 24.3 Å². The molecule has 0 aromatic heterocycles. The Hall–Kier alpha value is -2.57. The second kappa shape index (κ2) is 6.39. The van der Waals surface area contributed by atoms with Gasteiger partial charge < -0.3 is 20.5 Å². The average Bonchev–Trinajstić information content (AvgIpc) is 2.27. The largest absolute Gasteiger partial charge is 0.480 e. The van der Waals surface area contributed by atoms with Gasteiger partial charge in [0.05, 0.1) is 0 Å². The minimum atomic E-state index is -1.14. The third-order valence-electron chi connectivity index (χ3n) is 2.07. The van der Waals surface area contributed by atoms with Gasteiger partial charge in [-0.15, -0.1) is 0 Å². The molecule has 0 radical (unpaired) electrons. The number of rotatable bonds is 4. The number of carbonyl (C=O) groups excluding carboxylic acids is 2. The van der Waals surface area contributed by atoms with Crippen molar-refractivity contribution in [3.63, 3.8) is 0 Å². The normalized spacial score (nSPS) is 11.3. The number of hydrogen-bond acceptors (Lipinski definition) is 4. The van der Waals surface area contributed by atoms with E-state index >= 15 is 0 Å². The maximum atomic E-state index is 11.5. The Bertz CT molecular complexity index is 501. The van der Waals surface area contributed by atoms with Crippen molar-refractivity contribution in [2.24, 2.45) is 0 Å². The van der Waals surface area contributed by atoms with Gasteiger partial charge in [-0.2, -0.15) is 0 Å². The lowest BCUT2D eigenvalue weighted by atomic mass is 10.3. The maximum absolute atomic E-state index is 11.5. The standard InChI is InChI=1S/C12H14N2O5/c1-7(11(16)17)13-12(18)14-9-4-3-5-10(6-9)19-8(2)15/h3-7H,1-2H3,(H,16,17)(H2,13,14,18). The SMILES string of the molecule is CC(=O)Oc1cccc(NC(=O)NC(C)C(=O)O)c1. The fourth-order valence-corrected chi connectivity index (χ4v) is 1.23. The molecule has 0 heterocycles. The summed E-state index contributed by atoms with van der Waals surface area (Å²) in [5.74, 6) is -1.32. The van der Waals surface area contributed by atoms with Crippen molar-refractivity contribution in [1.29, 1.82) is 0 Å². The lowest BCUT2D eigenvalue weighted by molar-refractivity contribution is -0.138. The van der Waals surface area contributed by atoms with Crippen LogP contribution in [0.3, 0.4) is 0 Å². The van der Waals surface area contributed by atoms with E-state index < -0.39 is 24.0 Å². The molecule has 0 aliphatic heterocycles. The molecule has 102 valence electrons. The van der Waals surface area contributed by atoms with Gasteiger partial charge in [-0.1, -0.05) is 6.07 Å². The molecule has 1 aromatic rings. The van der Waals surface area contributed by atoms with Crippen LogP contribution in [-0.2, 0) is 9.59 Å². The molecule has 2 amide bonds. The monoisotopic (exact) mass is 266 g/mol. The number of anilines is 1. The van der Waals surface area contributed by atoms with E-state index in [1.165, 1.54) is 19.9 Å². The topological polar surface area (TPSA) is 105 Å². The highest BCUT2D eigenvalue weighted by Crippen LogP contribution is 2.17. The molecule has 7 heteroatoms. The molecular weight excluding hydrogens is 252 g/mol. The number of benzene rings is 1. The van der Waals surface area contributed by atoms with Gasteiger partial charge >= 0.3 is 18.0 Å². The molecule has 0 spiro atoms. The number of aliphatic carboxylic acids is 1. The van der Waals surface area contributed by atoms with Gasteiger partial charge in [-0.05, 0) is 19.1 Å². The van der Waals surface area contributed by atoms with E-state index in [9.17, 15) is 14.4 Å². The van der Waals surface area contributed by atoms with Gasteiger partial charge in [-0.25, -0.2) is 4.79 Å². The zero-order valence-corrected chi connectivity index (χ0v) is 10.5. The van der Waals surface area contributed by atoms with Crippen molar-refractivity contribution in [1.82, 2.24) is 5.32 Å². The van der Waals surface area contributed by atoms with E-state index in [0.29, 0.717) is 5.69 Å². The fraction of sp³-hybridized carbons (Fsp3) is 0.250. The van der Waals surface area contributed by atoms with Crippen molar-refractivity contribution in [2.45, 2.75) is 19.9 Å². The van der Waals surface area contributed by atoms with Crippen LogP contribution in [0.15, 0.2) is 24.3 Å². The van der Waals surface area contributed by atoms with Crippen LogP contribution in [0.1, 0.15) is 13.8 Å². The fourth-order valence-electron chi connectivity index (χ4n) is 1.23. The van der Waals surface area contributed by atoms with E-state index in [1.807, 2.05) is 0 Å². The minimum Gasteiger partial charge on any atom is -0.480 e. The summed E-state index contributed by atoms with van der Waals surface area (Å²) in [6, 6.07) is 4.52. The Labute approximate surface area is 109 Å². The van der Waals surface area contributed by atoms with Crippen LogP contribution >= 0.6 is 0 Å². The first kappa shape index (κ1) is 14.5. The van der Waals surface area contributed by atoms with Crippen LogP contribution in [0.4, 0.5) is 10.5 Å². The molecule has 0 bridgehead atoms. The quantitative estimate of drug-likeness (QED) is 0.561. The molecule has 1 rings (SSSR count). The second-order valence-electron chi connectivity index (χ2n) is 3.78. The Morgan fingerprint density at radius 2 is 2.00 bits per heavy atom. The molecule has 0 saturated carbocycles. The molecule has 1 unspecified atom stereocenters. The van der Waals surface area contributed by atoms with Crippen LogP contribution in [0.2, 0.25) is 0 Å². The molecular formula is C12H14N2O5. The summed E-state index contributed by atoms with van der Waals surface area (Å²) >= 11 is 0. The summed E-state index contributed by atoms with van der Waals surface area (Å²) < 4.78 is 4.85. The highest BCUT2D eigenvalue weighted by molar-refractivity contribution is 5.92. The Kier molecular flexibility index (Phi) is 4.87. The molecule has 0 saturated heterocycles. The summed E-state index contributed by atoms with van der Waals surface area (Å²) in [6.45, 7) is 2.61. The highest BCUT2D eigenvalue weighted by atomic mass is 16.5. The zero-order valence-electron chi connectivity index (χ0n) is 10.5. The van der Waals surface area contributed by atoms with Crippen LogP contribution in [0.25, 0.3) is 0 Å². The smallest absolute Gasteiger partial charge is 0.325 e. The predicted molar refractivity (Wildman–Crippen MR) is 67.0 cm³/mol. The molecule has 3 N–H and O–H groups in total. The van der Waals surface area contributed by atoms with Crippen LogP contribution in [0, 0.1) is 0 Å². The second-order valence-corrected chi connectivity index (χ2v) is 3.78. The predicted octanol–water partition coefficient (Wildman–Crippen LogP) is 1.21. The summed E-state index contributed by atoms with van der Waals surface area (Å²) in [5.41, 5.74) is 0.383. The molecule has 7 nitrogen and oxygen atoms in total. The number of carboxylic acid groups (broad SMARTS) is 1. The zero-order chi connectivity index (χ0) is 14.4. The number of ether oxygens (including phenoxy) is 1. The van der Waals surface area contributed by atoms with Crippen molar-refractivity contribution in [3.8, 4) is 5.75 Å². The molecule has 0 aliphatic rings. The molecule has 0 fully saturated rings. The number of hydrogen-bond donors (Lipinski definition) is 3. The lowest BCUT2D eigenvalue weighted by Crippen LogP contribution is -2.40. The number of nitrogens with one attached hydrogen (secondary N) is 2. The van der Waals surface area contributed by atoms with Gasteiger partial charge in [0.15, 0.2) is 0 Å². The number of amides is 2. The van der Waals surface area contributed by atoms with Crippen molar-refractivity contribution >= 4 is 23.7 Å². The van der Waals surface area contributed by atoms with Crippen LogP contribution in [0.5, 0.6) is 5.75 Å². The summed E-state index contributed by atoms with van der Waals surface area (Å²) in [6.07, 6.45) is 0. The first-order valence-corrected chi connectivity index (χ1v) is 5.47. The third-order valence-corrected chi connectivity index (χ3v) is 2.07. The number of esters is 1. The van der Waals surface area contributed by atoms with Gasteiger partial charge in [0, 0.05) is 18.7 Å². The summed E-state index contributed by atoms with van der Waals surface area (Å²) in [7, 11) is 0. The van der Waals surface area contributed by atoms with E-state index in [2.05, 4.69) is 10.6 Å². The Balaban J connectivity index is 2.64. The Morgan fingerprint density at radius 3 is 2.58 bits per heavy atom. The summed E-state index contributed by atoms with van der Waals surface area (Å²) in [5, 5.41) is 13.3. The summed E-state index contributed by atoms with van der Waals surface area (Å²) in [4.78, 5) is 32.8. The number of carbonyl (C=O) groups is 3. The number of urea groups is 1. The molecule has 19 heavy (non-hydrogen) atoms. The van der Waals surface area contributed by atoms with Gasteiger partial charge in [0.25, 0.3) is 0 Å². The average molecular weight is 266 g/mol. The molecule has 1 aromatic carbocycles. The van der Waals surface area contributed by atoms with Crippen LogP contribution in [-0.4, -0.2) is 29.1 Å². The van der Waals surface area contributed by atoms with Gasteiger partial charge in [-0.3, -0.25) is 9.59 Å². The lowest BCUT2D eigenvalue weighted by Gasteiger charge is -2.11. The van der Waals surface area contributed by atoms with Crippen molar-refractivity contribution < 1.29 is 24.2 Å². The first-order valence-electron chi connectivity index (χ1n) is 5.47. The Morgan fingerprint density at radius 1 is 1.32 bits per heavy atom. The van der Waals surface area contributed by atoms with E-state index in [1.54, 1.807) is 18.2 Å². The van der Waals surface area contributed by atoms with E-state index in [0.717, 1.165) is 0 Å². The highest BCUT2D eigenvalue weighted by Gasteiger charge is 2.13. The number of carboxylic acids is 1. The third kappa shape index (κ3) is 5.07. The van der Waals surface area contributed by atoms with Crippen molar-refractivity contribution in [2.75, 3.05) is 5.32 Å². The minimum absolute atomic E-state index is 0.289. The molecule has 1 atom stereocenters. The first-order chi connectivity index (χ1) is 8.88. The van der Waals surface area contributed by atoms with Gasteiger partial charge in [0.1, 0.15) is 11.8 Å². The van der Waals surface area contributed by atoms with Crippen LogP contribution < -0.4 is 15.4 Å². The van der Waals surface area contributed by atoms with E-state index in [-0.39, 0.29) is 5.75 Å². The maximum Gasteiger partial charge on any atom is 0.325 e. The molecule has 0 aliphatic carbocycles. The van der Waals surface area contributed by atoms with E-state index in [4.69, 9.17) is 9.84 Å². The van der Waals surface area contributed by atoms with Gasteiger partial charge in [0.2, 0.25) is 0 Å².